The highest BCUT2D eigenvalue weighted by Crippen LogP contribution is 2.43. The first kappa shape index (κ1) is 27.4. The number of hydrogen-bond donors (Lipinski definition) is 0. The molecule has 10 rings (SSSR count). The molecule has 2 heterocycles. The predicted molar refractivity (Wildman–Crippen MR) is 203 cm³/mol. The van der Waals surface area contributed by atoms with E-state index in [1.165, 1.54) is 49.0 Å². The van der Waals surface area contributed by atoms with Crippen LogP contribution in [-0.2, 0) is 0 Å². The zero-order chi connectivity index (χ0) is 32.5. The van der Waals surface area contributed by atoms with Gasteiger partial charge in [0.15, 0.2) is 0 Å². The Labute approximate surface area is 281 Å². The zero-order valence-corrected chi connectivity index (χ0v) is 26.3. The Morgan fingerprint density at radius 3 is 1.69 bits per heavy atom. The molecule has 8 aromatic carbocycles. The SMILES string of the molecule is N#Cc1ccc2oc3ccc(-c4cc5c6ccccc6c(-c6ccc(-c7cccc8cccnc78)cc6)cc5c5ccccc45)cc3c2c1. The number of hydrogen-bond acceptors (Lipinski definition) is 3. The third-order valence-corrected chi connectivity index (χ3v) is 9.93. The van der Waals surface area contributed by atoms with E-state index in [9.17, 15) is 5.26 Å². The highest BCUT2D eigenvalue weighted by molar-refractivity contribution is 6.24. The van der Waals surface area contributed by atoms with Crippen LogP contribution in [-0.4, -0.2) is 4.98 Å². The molecule has 3 nitrogen and oxygen atoms in total. The molecule has 0 saturated carbocycles. The normalized spacial score (nSPS) is 11.7. The van der Waals surface area contributed by atoms with Gasteiger partial charge in [-0.25, -0.2) is 0 Å². The molecule has 0 N–H and O–H groups in total. The van der Waals surface area contributed by atoms with E-state index in [4.69, 9.17) is 4.42 Å². The average molecular weight is 623 g/mol. The number of pyridine rings is 1. The minimum absolute atomic E-state index is 0.624. The van der Waals surface area contributed by atoms with Crippen LogP contribution in [0.2, 0.25) is 0 Å². The molecular weight excluding hydrogens is 597 g/mol. The van der Waals surface area contributed by atoms with E-state index in [-0.39, 0.29) is 0 Å². The van der Waals surface area contributed by atoms with Crippen molar-refractivity contribution in [2.24, 2.45) is 0 Å². The minimum atomic E-state index is 0.624. The van der Waals surface area contributed by atoms with Crippen LogP contribution in [0, 0.1) is 11.3 Å². The molecule has 0 bridgehead atoms. The number of nitrogens with zero attached hydrogens (tertiary/aromatic N) is 2. The number of benzene rings is 8. The smallest absolute Gasteiger partial charge is 0.135 e. The van der Waals surface area contributed by atoms with Crippen molar-refractivity contribution in [1.82, 2.24) is 4.98 Å². The fraction of sp³-hybridized carbons (Fsp3) is 0. The number of fused-ring (bicyclic) bond motifs is 9. The van der Waals surface area contributed by atoms with Gasteiger partial charge in [-0.05, 0) is 109 Å². The quantitative estimate of drug-likeness (QED) is 0.184. The van der Waals surface area contributed by atoms with Gasteiger partial charge in [0.1, 0.15) is 11.2 Å². The van der Waals surface area contributed by atoms with E-state index < -0.39 is 0 Å². The van der Waals surface area contributed by atoms with Crippen molar-refractivity contribution in [2.45, 2.75) is 0 Å². The molecule has 0 aliphatic carbocycles. The van der Waals surface area contributed by atoms with Crippen molar-refractivity contribution in [3.05, 3.63) is 163 Å². The molecule has 226 valence electrons. The molecule has 0 spiro atoms. The third-order valence-electron chi connectivity index (χ3n) is 9.93. The maximum atomic E-state index is 9.55. The van der Waals surface area contributed by atoms with Crippen LogP contribution in [0.15, 0.2) is 162 Å². The lowest BCUT2D eigenvalue weighted by molar-refractivity contribution is 0.669. The van der Waals surface area contributed by atoms with Gasteiger partial charge in [-0.1, -0.05) is 103 Å². The molecular formula is C46H26N2O. The summed E-state index contributed by atoms with van der Waals surface area (Å²) in [5.41, 5.74) is 10.2. The average Bonchev–Trinajstić information content (AvgIpc) is 3.54. The van der Waals surface area contributed by atoms with Gasteiger partial charge in [-0.3, -0.25) is 4.98 Å². The monoisotopic (exact) mass is 622 g/mol. The first-order valence-corrected chi connectivity index (χ1v) is 16.4. The standard InChI is InChI=1S/C46H26N2O/c47-27-28-14-20-44-42(23-28)43-24-32(19-21-45(43)49-44)39-26-41-36-11-3-1-9-34(36)38(25-40(41)37-12-4-2-10-35(37)39)30-17-15-29(16-18-30)33-13-5-7-31-8-6-22-48-46(31)33/h1-26H. The van der Waals surface area contributed by atoms with Gasteiger partial charge >= 0.3 is 0 Å². The summed E-state index contributed by atoms with van der Waals surface area (Å²) >= 11 is 0. The fourth-order valence-electron chi connectivity index (χ4n) is 7.61. The number of rotatable bonds is 3. The molecule has 0 saturated heterocycles. The van der Waals surface area contributed by atoms with E-state index in [1.807, 2.05) is 24.4 Å². The highest BCUT2D eigenvalue weighted by atomic mass is 16.3. The molecule has 0 radical (unpaired) electrons. The van der Waals surface area contributed by atoms with Crippen molar-refractivity contribution < 1.29 is 4.42 Å². The molecule has 0 unspecified atom stereocenters. The molecule has 0 fully saturated rings. The van der Waals surface area contributed by atoms with E-state index in [0.29, 0.717) is 5.56 Å². The number of furan rings is 1. The summed E-state index contributed by atoms with van der Waals surface area (Å²) in [5.74, 6) is 0. The van der Waals surface area contributed by atoms with Crippen molar-refractivity contribution in [3.63, 3.8) is 0 Å². The predicted octanol–water partition coefficient (Wildman–Crippen LogP) is 12.5. The largest absolute Gasteiger partial charge is 0.456 e. The summed E-state index contributed by atoms with van der Waals surface area (Å²) < 4.78 is 6.15. The Morgan fingerprint density at radius 2 is 1.00 bits per heavy atom. The van der Waals surface area contributed by atoms with Crippen molar-refractivity contribution in [3.8, 4) is 39.4 Å². The molecule has 0 aliphatic heterocycles. The second-order valence-corrected chi connectivity index (χ2v) is 12.6. The first-order valence-electron chi connectivity index (χ1n) is 16.4. The van der Waals surface area contributed by atoms with E-state index in [2.05, 4.69) is 138 Å². The fourth-order valence-corrected chi connectivity index (χ4v) is 7.61. The summed E-state index contributed by atoms with van der Waals surface area (Å²) in [6, 6.07) is 55.8. The third kappa shape index (κ3) is 4.25. The van der Waals surface area contributed by atoms with Crippen LogP contribution < -0.4 is 0 Å². The molecule has 0 aliphatic rings. The second kappa shape index (κ2) is 10.6. The van der Waals surface area contributed by atoms with Gasteiger partial charge in [0.25, 0.3) is 0 Å². The van der Waals surface area contributed by atoms with Crippen LogP contribution >= 0.6 is 0 Å². The Hall–Kier alpha value is -6.76. The Kier molecular flexibility index (Phi) is 5.94. The molecule has 49 heavy (non-hydrogen) atoms. The molecule has 2 aromatic heterocycles. The zero-order valence-electron chi connectivity index (χ0n) is 26.3. The van der Waals surface area contributed by atoms with Gasteiger partial charge in [0.05, 0.1) is 17.1 Å². The maximum absolute atomic E-state index is 9.55. The number of para-hydroxylation sites is 1. The van der Waals surface area contributed by atoms with E-state index in [0.717, 1.165) is 49.5 Å². The second-order valence-electron chi connectivity index (χ2n) is 12.6. The van der Waals surface area contributed by atoms with Crippen molar-refractivity contribution >= 4 is 65.2 Å². The van der Waals surface area contributed by atoms with Crippen LogP contribution in [0.3, 0.4) is 0 Å². The van der Waals surface area contributed by atoms with Crippen LogP contribution in [0.25, 0.3) is 98.5 Å². The maximum Gasteiger partial charge on any atom is 0.135 e. The molecule has 0 atom stereocenters. The molecule has 0 amide bonds. The Balaban J connectivity index is 1.18. The number of nitriles is 1. The van der Waals surface area contributed by atoms with Gasteiger partial charge in [0, 0.05) is 27.9 Å². The highest BCUT2D eigenvalue weighted by Gasteiger charge is 2.16. The lowest BCUT2D eigenvalue weighted by Gasteiger charge is -2.16. The minimum Gasteiger partial charge on any atom is -0.456 e. The number of aromatic nitrogens is 1. The van der Waals surface area contributed by atoms with Crippen LogP contribution in [0.1, 0.15) is 5.56 Å². The van der Waals surface area contributed by atoms with E-state index >= 15 is 0 Å². The van der Waals surface area contributed by atoms with Gasteiger partial charge in [0.2, 0.25) is 0 Å². The summed E-state index contributed by atoms with van der Waals surface area (Å²) in [5, 5.41) is 19.9. The van der Waals surface area contributed by atoms with Gasteiger partial charge < -0.3 is 4.42 Å². The molecule has 3 heteroatoms. The summed E-state index contributed by atoms with van der Waals surface area (Å²) in [4.78, 5) is 4.69. The van der Waals surface area contributed by atoms with Crippen LogP contribution in [0.4, 0.5) is 0 Å². The van der Waals surface area contributed by atoms with E-state index in [1.54, 1.807) is 6.07 Å². The summed E-state index contributed by atoms with van der Waals surface area (Å²) in [6.45, 7) is 0. The van der Waals surface area contributed by atoms with Crippen LogP contribution in [0.5, 0.6) is 0 Å². The Bertz CT molecular complexity index is 2990. The molecule has 10 aromatic rings. The first-order chi connectivity index (χ1) is 24.2. The van der Waals surface area contributed by atoms with Gasteiger partial charge in [-0.2, -0.15) is 5.26 Å². The topological polar surface area (TPSA) is 49.8 Å². The van der Waals surface area contributed by atoms with Crippen molar-refractivity contribution in [1.29, 1.82) is 5.26 Å². The van der Waals surface area contributed by atoms with Gasteiger partial charge in [-0.15, -0.1) is 0 Å². The summed E-state index contributed by atoms with van der Waals surface area (Å²) in [7, 11) is 0. The summed E-state index contributed by atoms with van der Waals surface area (Å²) in [6.07, 6.45) is 1.86. The lowest BCUT2D eigenvalue weighted by atomic mass is 9.87. The lowest BCUT2D eigenvalue weighted by Crippen LogP contribution is -1.89. The Morgan fingerprint density at radius 1 is 0.429 bits per heavy atom. The van der Waals surface area contributed by atoms with Crippen molar-refractivity contribution in [2.75, 3.05) is 0 Å².